The second kappa shape index (κ2) is 6.05. The highest BCUT2D eigenvalue weighted by molar-refractivity contribution is 6.30. The van der Waals surface area contributed by atoms with Crippen LogP contribution in [0.1, 0.15) is 0 Å². The van der Waals surface area contributed by atoms with Crippen LogP contribution < -0.4 is 0 Å². The van der Waals surface area contributed by atoms with Crippen molar-refractivity contribution in [3.05, 3.63) is 96.0 Å². The average Bonchev–Trinajstić information content (AvgIpc) is 3.07. The number of fused-ring (bicyclic) bond motifs is 3. The first-order valence-corrected chi connectivity index (χ1v) is 8.94. The molecule has 0 saturated heterocycles. The Labute approximate surface area is 156 Å². The Kier molecular flexibility index (Phi) is 3.55. The van der Waals surface area contributed by atoms with Gasteiger partial charge in [0.1, 0.15) is 11.2 Å². The zero-order chi connectivity index (χ0) is 17.5. The van der Waals surface area contributed by atoms with E-state index in [1.54, 1.807) is 0 Å². The summed E-state index contributed by atoms with van der Waals surface area (Å²) in [5.74, 6) is 0. The lowest BCUT2D eigenvalue weighted by atomic mass is 9.96. The van der Waals surface area contributed by atoms with Crippen molar-refractivity contribution < 1.29 is 4.42 Å². The summed E-state index contributed by atoms with van der Waals surface area (Å²) in [4.78, 5) is 0. The molecule has 2 heteroatoms. The van der Waals surface area contributed by atoms with Gasteiger partial charge in [-0.2, -0.15) is 0 Å². The third kappa shape index (κ3) is 2.49. The van der Waals surface area contributed by atoms with E-state index in [2.05, 4.69) is 48.5 Å². The van der Waals surface area contributed by atoms with Crippen molar-refractivity contribution in [1.29, 1.82) is 0 Å². The predicted octanol–water partition coefficient (Wildman–Crippen LogP) is 7.57. The molecule has 0 unspecified atom stereocenters. The second-order valence-corrected chi connectivity index (χ2v) is 6.80. The Morgan fingerprint density at radius 1 is 0.577 bits per heavy atom. The lowest BCUT2D eigenvalue weighted by molar-refractivity contribution is 0.669. The van der Waals surface area contributed by atoms with Gasteiger partial charge in [0.2, 0.25) is 0 Å². The van der Waals surface area contributed by atoms with E-state index >= 15 is 0 Å². The van der Waals surface area contributed by atoms with Crippen LogP contribution in [0.5, 0.6) is 0 Å². The quantitative estimate of drug-likeness (QED) is 0.318. The normalized spacial score (nSPS) is 11.3. The minimum atomic E-state index is 0.746. The summed E-state index contributed by atoms with van der Waals surface area (Å²) >= 11 is 6.17. The standard InChI is InChI=1S/C24H15ClO/c25-19-9-4-7-17(15-19)16-6-3-8-18(14-16)20-11-5-13-23-24(20)21-10-1-2-12-22(21)26-23/h1-15H. The van der Waals surface area contributed by atoms with E-state index < -0.39 is 0 Å². The Morgan fingerprint density at radius 3 is 2.15 bits per heavy atom. The van der Waals surface area contributed by atoms with Crippen molar-refractivity contribution in [1.82, 2.24) is 0 Å². The molecule has 5 rings (SSSR count). The molecule has 26 heavy (non-hydrogen) atoms. The Morgan fingerprint density at radius 2 is 1.27 bits per heavy atom. The van der Waals surface area contributed by atoms with Crippen LogP contribution in [0.25, 0.3) is 44.2 Å². The first-order chi connectivity index (χ1) is 12.8. The van der Waals surface area contributed by atoms with Crippen LogP contribution in [-0.2, 0) is 0 Å². The van der Waals surface area contributed by atoms with Crippen molar-refractivity contribution in [2.24, 2.45) is 0 Å². The fraction of sp³-hybridized carbons (Fsp3) is 0. The highest BCUT2D eigenvalue weighted by Gasteiger charge is 2.12. The number of hydrogen-bond acceptors (Lipinski definition) is 1. The molecule has 0 bridgehead atoms. The molecule has 0 N–H and O–H groups in total. The molecular formula is C24H15ClO. The van der Waals surface area contributed by atoms with Crippen molar-refractivity contribution >= 4 is 33.5 Å². The Hall–Kier alpha value is -3.03. The Bertz CT molecular complexity index is 1250. The van der Waals surface area contributed by atoms with E-state index in [1.807, 2.05) is 42.5 Å². The van der Waals surface area contributed by atoms with Gasteiger partial charge in [0, 0.05) is 15.8 Å². The van der Waals surface area contributed by atoms with Crippen LogP contribution in [0, 0.1) is 0 Å². The van der Waals surface area contributed by atoms with Crippen molar-refractivity contribution in [3.8, 4) is 22.3 Å². The van der Waals surface area contributed by atoms with Crippen LogP contribution in [0.4, 0.5) is 0 Å². The van der Waals surface area contributed by atoms with Gasteiger partial charge in [-0.15, -0.1) is 0 Å². The van der Waals surface area contributed by atoms with E-state index in [-0.39, 0.29) is 0 Å². The maximum Gasteiger partial charge on any atom is 0.136 e. The van der Waals surface area contributed by atoms with Gasteiger partial charge in [0.25, 0.3) is 0 Å². The molecule has 0 amide bonds. The van der Waals surface area contributed by atoms with Crippen molar-refractivity contribution in [2.45, 2.75) is 0 Å². The van der Waals surface area contributed by atoms with E-state index in [9.17, 15) is 0 Å². The van der Waals surface area contributed by atoms with Crippen molar-refractivity contribution in [2.75, 3.05) is 0 Å². The molecule has 0 aliphatic heterocycles. The summed E-state index contributed by atoms with van der Waals surface area (Å²) in [7, 11) is 0. The average molecular weight is 355 g/mol. The summed E-state index contributed by atoms with van der Waals surface area (Å²) in [5.41, 5.74) is 6.44. The van der Waals surface area contributed by atoms with Gasteiger partial charge >= 0.3 is 0 Å². The highest BCUT2D eigenvalue weighted by atomic mass is 35.5. The van der Waals surface area contributed by atoms with Gasteiger partial charge in [0.05, 0.1) is 0 Å². The van der Waals surface area contributed by atoms with Crippen LogP contribution in [0.3, 0.4) is 0 Å². The van der Waals surface area contributed by atoms with E-state index in [4.69, 9.17) is 16.0 Å². The van der Waals surface area contributed by atoms with Gasteiger partial charge in [-0.05, 0) is 52.6 Å². The van der Waals surface area contributed by atoms with Crippen LogP contribution in [0.15, 0.2) is 95.4 Å². The largest absolute Gasteiger partial charge is 0.456 e. The summed E-state index contributed by atoms with van der Waals surface area (Å²) in [6.07, 6.45) is 0. The topological polar surface area (TPSA) is 13.1 Å². The minimum absolute atomic E-state index is 0.746. The molecule has 0 radical (unpaired) electrons. The zero-order valence-corrected chi connectivity index (χ0v) is 14.7. The zero-order valence-electron chi connectivity index (χ0n) is 13.9. The summed E-state index contributed by atoms with van der Waals surface area (Å²) < 4.78 is 6.03. The fourth-order valence-electron chi connectivity index (χ4n) is 3.55. The number of halogens is 1. The van der Waals surface area contributed by atoms with E-state index in [0.29, 0.717) is 0 Å². The molecule has 4 aromatic carbocycles. The summed E-state index contributed by atoms with van der Waals surface area (Å²) in [6.45, 7) is 0. The molecule has 5 aromatic rings. The smallest absolute Gasteiger partial charge is 0.136 e. The third-order valence-corrected chi connectivity index (χ3v) is 4.97. The van der Waals surface area contributed by atoms with Crippen LogP contribution in [0.2, 0.25) is 5.02 Å². The third-order valence-electron chi connectivity index (χ3n) is 4.73. The first kappa shape index (κ1) is 15.2. The van der Waals surface area contributed by atoms with Gasteiger partial charge in [-0.25, -0.2) is 0 Å². The second-order valence-electron chi connectivity index (χ2n) is 6.37. The maximum atomic E-state index is 6.17. The molecule has 1 nitrogen and oxygen atoms in total. The molecule has 0 aliphatic rings. The number of furan rings is 1. The Balaban J connectivity index is 1.75. The highest BCUT2D eigenvalue weighted by Crippen LogP contribution is 2.37. The molecular weight excluding hydrogens is 340 g/mol. The predicted molar refractivity (Wildman–Crippen MR) is 110 cm³/mol. The molecule has 1 heterocycles. The lowest BCUT2D eigenvalue weighted by Crippen LogP contribution is -1.83. The fourth-order valence-corrected chi connectivity index (χ4v) is 3.74. The molecule has 0 aliphatic carbocycles. The first-order valence-electron chi connectivity index (χ1n) is 8.56. The molecule has 0 atom stereocenters. The van der Waals surface area contributed by atoms with Gasteiger partial charge < -0.3 is 4.42 Å². The van der Waals surface area contributed by atoms with Gasteiger partial charge in [-0.1, -0.05) is 72.3 Å². The summed E-state index contributed by atoms with van der Waals surface area (Å²) in [5, 5.41) is 3.05. The molecule has 1 aromatic heterocycles. The number of benzene rings is 4. The van der Waals surface area contributed by atoms with Crippen molar-refractivity contribution in [3.63, 3.8) is 0 Å². The minimum Gasteiger partial charge on any atom is -0.456 e. The van der Waals surface area contributed by atoms with Gasteiger partial charge in [0.15, 0.2) is 0 Å². The SMILES string of the molecule is Clc1cccc(-c2cccc(-c3cccc4oc5ccccc5c34)c2)c1. The number of para-hydroxylation sites is 1. The molecule has 0 fully saturated rings. The summed E-state index contributed by atoms with van der Waals surface area (Å²) in [6, 6.07) is 30.9. The molecule has 0 spiro atoms. The molecule has 124 valence electrons. The number of rotatable bonds is 2. The number of hydrogen-bond donors (Lipinski definition) is 0. The maximum absolute atomic E-state index is 6.17. The van der Waals surface area contributed by atoms with E-state index in [1.165, 1.54) is 11.1 Å². The van der Waals surface area contributed by atoms with Crippen LogP contribution >= 0.6 is 11.6 Å². The monoisotopic (exact) mass is 354 g/mol. The lowest BCUT2D eigenvalue weighted by Gasteiger charge is -2.08. The van der Waals surface area contributed by atoms with Gasteiger partial charge in [-0.3, -0.25) is 0 Å². The van der Waals surface area contributed by atoms with Crippen LogP contribution in [-0.4, -0.2) is 0 Å². The molecule has 0 saturated carbocycles. The van der Waals surface area contributed by atoms with E-state index in [0.717, 1.165) is 38.1 Å².